The second kappa shape index (κ2) is 13.0. The van der Waals surface area contributed by atoms with Gasteiger partial charge in [0.1, 0.15) is 19.1 Å². The molecule has 2 unspecified atom stereocenters. The molecule has 8 heterocycles. The lowest BCUT2D eigenvalue weighted by Gasteiger charge is -2.50. The highest BCUT2D eigenvalue weighted by atomic mass is 16.5. The van der Waals surface area contributed by atoms with E-state index in [9.17, 15) is 44.4 Å². The molecule has 26 nitrogen and oxygen atoms in total. The van der Waals surface area contributed by atoms with E-state index < -0.39 is 116 Å². The summed E-state index contributed by atoms with van der Waals surface area (Å²) in [4.78, 5) is 139. The summed E-state index contributed by atoms with van der Waals surface area (Å²) in [6, 6.07) is 2.58. The number of carbonyl (C=O) groups is 9. The Kier molecular flexibility index (Phi) is 8.09. The Balaban J connectivity index is 1.21. The molecule has 10 rings (SSSR count). The van der Waals surface area contributed by atoms with Crippen LogP contribution in [0.25, 0.3) is 0 Å². The fourth-order valence-electron chi connectivity index (χ4n) is 10.9. The summed E-state index contributed by atoms with van der Waals surface area (Å²) in [5.41, 5.74) is -12.8. The van der Waals surface area contributed by atoms with E-state index in [0.717, 1.165) is 0 Å². The molecule has 0 radical (unpaired) electrons. The third kappa shape index (κ3) is 4.27. The van der Waals surface area contributed by atoms with Gasteiger partial charge in [-0.25, -0.2) is 38.4 Å². The summed E-state index contributed by atoms with van der Waals surface area (Å²) in [5.74, 6) is -8.82. The first-order valence-electron chi connectivity index (χ1n) is 19.4. The number of ether oxygens (including phenoxy) is 3. The Morgan fingerprint density at radius 1 is 0.523 bits per heavy atom. The number of rotatable bonds is 9. The average Bonchev–Trinajstić information content (AvgIpc) is 3.66. The molecule has 0 bridgehead atoms. The first kappa shape index (κ1) is 40.5. The van der Waals surface area contributed by atoms with Gasteiger partial charge in [-0.3, -0.25) is 49.0 Å². The molecule has 2 aromatic carbocycles. The molecule has 336 valence electrons. The van der Waals surface area contributed by atoms with Crippen molar-refractivity contribution in [2.45, 2.75) is 48.8 Å². The summed E-state index contributed by atoms with van der Waals surface area (Å²) in [6.45, 7) is -6.07. The number of methoxy groups -OCH3 is 3. The zero-order chi connectivity index (χ0) is 46.4. The van der Waals surface area contributed by atoms with Crippen molar-refractivity contribution in [3.63, 3.8) is 0 Å². The fraction of sp³-hybridized carbons (Fsp3) is 0.333. The molecule has 0 aliphatic carbocycles. The number of urea groups is 4. The molecule has 0 saturated carbocycles. The monoisotopic (exact) mass is 898 g/mol. The van der Waals surface area contributed by atoms with Gasteiger partial charge in [-0.05, 0) is 47.5 Å². The summed E-state index contributed by atoms with van der Waals surface area (Å²) in [5, 5.41) is 48.5. The molecule has 65 heavy (non-hydrogen) atoms. The number of anilines is 1. The molecule has 5 N–H and O–H groups in total. The molecule has 5 saturated heterocycles. The highest BCUT2D eigenvalue weighted by Crippen LogP contribution is 2.61. The number of fused-ring (bicyclic) bond motifs is 2. The van der Waals surface area contributed by atoms with E-state index in [4.69, 9.17) is 14.2 Å². The number of hydrogen-bond acceptors (Lipinski definition) is 13. The molecule has 0 spiro atoms. The van der Waals surface area contributed by atoms with Crippen molar-refractivity contribution in [3.8, 4) is 17.2 Å². The van der Waals surface area contributed by atoms with Crippen molar-refractivity contribution in [1.29, 1.82) is 0 Å². The van der Waals surface area contributed by atoms with Crippen LogP contribution in [0.5, 0.6) is 17.2 Å². The second-order valence-electron chi connectivity index (χ2n) is 15.8. The van der Waals surface area contributed by atoms with Crippen molar-refractivity contribution in [2.24, 2.45) is 0 Å². The Morgan fingerprint density at radius 3 is 1.28 bits per heavy atom. The van der Waals surface area contributed by atoms with Gasteiger partial charge in [-0.15, -0.1) is 0 Å². The Morgan fingerprint density at radius 2 is 0.892 bits per heavy atom. The van der Waals surface area contributed by atoms with Crippen molar-refractivity contribution in [1.82, 2.24) is 44.2 Å². The van der Waals surface area contributed by atoms with Crippen LogP contribution in [0.3, 0.4) is 0 Å². The lowest BCUT2D eigenvalue weighted by atomic mass is 9.88. The maximum atomic E-state index is 15.3. The lowest BCUT2D eigenvalue weighted by molar-refractivity contribution is -0.203. The van der Waals surface area contributed by atoms with Crippen LogP contribution in [0.4, 0.5) is 24.9 Å². The minimum absolute atomic E-state index is 0.000112. The van der Waals surface area contributed by atoms with Crippen LogP contribution >= 0.6 is 0 Å². The van der Waals surface area contributed by atoms with Crippen LogP contribution in [0.2, 0.25) is 0 Å². The number of pyridine rings is 1. The third-order valence-corrected chi connectivity index (χ3v) is 13.5. The summed E-state index contributed by atoms with van der Waals surface area (Å²) in [7, 11) is 3.86. The molecular weight excluding hydrogens is 864 g/mol. The van der Waals surface area contributed by atoms with E-state index >= 15 is 19.2 Å². The number of nitrogens with zero attached hydrogens (tertiary/aromatic N) is 9. The topological polar surface area (TPSA) is 313 Å². The van der Waals surface area contributed by atoms with Gasteiger partial charge in [0.05, 0.1) is 47.5 Å². The third-order valence-electron chi connectivity index (χ3n) is 13.5. The second-order valence-corrected chi connectivity index (χ2v) is 15.8. The molecule has 7 aliphatic heterocycles. The van der Waals surface area contributed by atoms with E-state index in [0.29, 0.717) is 39.2 Å². The standard InChI is InChI=1S/C39H34N10O16/c1-63-24-5-4-23(41-27(50)18-6-8-40-9-7-18)21-14-44-34(61)48-16-46-32(59)42-12-19-10-25(64-2)26(65-3)11-20(19)13-43-33(60)47(38(46,30(55)56)36(42,43)28(51)52)17-49-35(62)45(15-22(21)24)37(44,29(53)54)39(48,49)31(57)58/h4-11H,12-17H2,1-3H3,(H,41,50)(H,51,52)(H,53,54)(H,55,56)(H,57,58)/t36?,37-,38?,39+/m0/s1. The van der Waals surface area contributed by atoms with Gasteiger partial charge < -0.3 is 40.0 Å². The lowest BCUT2D eigenvalue weighted by Crippen LogP contribution is -2.81. The minimum atomic E-state index is -3.44. The first-order valence-corrected chi connectivity index (χ1v) is 19.4. The summed E-state index contributed by atoms with van der Waals surface area (Å²) in [6.07, 6.45) is 2.71. The van der Waals surface area contributed by atoms with Gasteiger partial charge >= 0.3 is 48.0 Å². The predicted molar refractivity (Wildman–Crippen MR) is 207 cm³/mol. The Bertz CT molecular complexity index is 2790. The minimum Gasteiger partial charge on any atom is -0.496 e. The Labute approximate surface area is 363 Å². The molecule has 9 amide bonds. The highest BCUT2D eigenvalue weighted by Gasteiger charge is 2.92. The molecule has 4 atom stereocenters. The maximum absolute atomic E-state index is 15.3. The summed E-state index contributed by atoms with van der Waals surface area (Å²) < 4.78 is 16.4. The average molecular weight is 899 g/mol. The van der Waals surface area contributed by atoms with E-state index in [1.165, 1.54) is 70.1 Å². The van der Waals surface area contributed by atoms with E-state index in [1.54, 1.807) is 0 Å². The number of aliphatic carboxylic acids is 4. The molecule has 26 heteroatoms. The quantitative estimate of drug-likeness (QED) is 0.190. The number of amides is 9. The van der Waals surface area contributed by atoms with Crippen molar-refractivity contribution in [3.05, 3.63) is 76.6 Å². The summed E-state index contributed by atoms with van der Waals surface area (Å²) >= 11 is 0. The van der Waals surface area contributed by atoms with Crippen LogP contribution in [0.1, 0.15) is 32.6 Å². The highest BCUT2D eigenvalue weighted by molar-refractivity contribution is 6.12. The molecular formula is C39H34N10O16. The van der Waals surface area contributed by atoms with E-state index in [2.05, 4.69) is 10.3 Å². The smallest absolute Gasteiger partial charge is 0.356 e. The van der Waals surface area contributed by atoms with E-state index in [1.807, 2.05) is 0 Å². The number of nitrogens with one attached hydrogen (secondary N) is 1. The van der Waals surface area contributed by atoms with Gasteiger partial charge in [0.25, 0.3) is 28.6 Å². The first-order chi connectivity index (χ1) is 31.0. The van der Waals surface area contributed by atoms with Gasteiger partial charge in [0, 0.05) is 34.8 Å². The van der Waals surface area contributed by atoms with Crippen LogP contribution in [0.15, 0.2) is 48.8 Å². The zero-order valence-electron chi connectivity index (χ0n) is 34.1. The van der Waals surface area contributed by atoms with Crippen molar-refractivity contribution < 1.29 is 77.8 Å². The number of carboxylic acid groups (broad SMARTS) is 4. The maximum Gasteiger partial charge on any atom is 0.356 e. The van der Waals surface area contributed by atoms with Gasteiger partial charge in [-0.2, -0.15) is 0 Å². The zero-order valence-corrected chi connectivity index (χ0v) is 34.1. The molecule has 1 aromatic heterocycles. The number of hydrogen-bond donors (Lipinski definition) is 5. The van der Waals surface area contributed by atoms with Crippen LogP contribution in [-0.4, -0.2) is 176 Å². The van der Waals surface area contributed by atoms with Crippen molar-refractivity contribution >= 4 is 59.6 Å². The molecule has 7 aliphatic rings. The largest absolute Gasteiger partial charge is 0.496 e. The van der Waals surface area contributed by atoms with Gasteiger partial charge in [0.2, 0.25) is 0 Å². The van der Waals surface area contributed by atoms with Gasteiger partial charge in [0.15, 0.2) is 11.5 Å². The number of benzene rings is 2. The SMILES string of the molecule is COc1cc2c(cc1OC)CN1C(=O)N3CN4C(=O)N5Cc6c(OC)ccc(NC(=O)c7ccncc7)c6CN6C(=O)N(CN7C(=O)N(C2)C1(C(=O)O)C73C(=O)O)[C@@]4(C(=O)O)[C@@]65C(=O)O. The van der Waals surface area contributed by atoms with Crippen LogP contribution in [-0.2, 0) is 45.4 Å². The van der Waals surface area contributed by atoms with Crippen LogP contribution in [0, 0.1) is 0 Å². The van der Waals surface area contributed by atoms with E-state index in [-0.39, 0.29) is 50.8 Å². The van der Waals surface area contributed by atoms with Gasteiger partial charge in [-0.1, -0.05) is 0 Å². The normalized spacial score (nSPS) is 26.7. The molecule has 3 aromatic rings. The molecule has 5 fully saturated rings. The number of carbonyl (C=O) groups excluding carboxylic acids is 5. The number of aromatic nitrogens is 1. The van der Waals surface area contributed by atoms with Crippen molar-refractivity contribution in [2.75, 3.05) is 40.0 Å². The fourth-order valence-corrected chi connectivity index (χ4v) is 10.9. The number of carboxylic acids is 4. The van der Waals surface area contributed by atoms with Crippen LogP contribution < -0.4 is 19.5 Å². The Hall–Kier alpha value is -8.58. The predicted octanol–water partition coefficient (Wildman–Crippen LogP) is 0.0897.